The molecule has 26 heavy (non-hydrogen) atoms. The van der Waals surface area contributed by atoms with Crippen molar-refractivity contribution in [2.45, 2.75) is 6.42 Å². The zero-order chi connectivity index (χ0) is 18.4. The minimum Gasteiger partial charge on any atom is -0.490 e. The Morgan fingerprint density at radius 3 is 2.77 bits per heavy atom. The van der Waals surface area contributed by atoms with Crippen molar-refractivity contribution >= 4 is 17.8 Å². The van der Waals surface area contributed by atoms with Crippen LogP contribution < -0.4 is 14.2 Å². The quantitative estimate of drug-likeness (QED) is 0.634. The third-order valence-corrected chi connectivity index (χ3v) is 3.70. The van der Waals surface area contributed by atoms with Crippen molar-refractivity contribution in [1.29, 1.82) is 0 Å². The van der Waals surface area contributed by atoms with Crippen molar-refractivity contribution in [3.8, 4) is 17.2 Å². The second-order valence-electron chi connectivity index (χ2n) is 5.63. The van der Waals surface area contributed by atoms with E-state index in [1.165, 1.54) is 12.1 Å². The van der Waals surface area contributed by atoms with E-state index in [0.717, 1.165) is 12.0 Å². The van der Waals surface area contributed by atoms with Gasteiger partial charge in [0, 0.05) is 17.5 Å². The van der Waals surface area contributed by atoms with Gasteiger partial charge in [0.15, 0.2) is 23.9 Å². The first kappa shape index (κ1) is 17.5. The fourth-order valence-electron chi connectivity index (χ4n) is 2.49. The molecule has 0 spiro atoms. The van der Waals surface area contributed by atoms with Crippen LogP contribution in [0.1, 0.15) is 22.3 Å². The van der Waals surface area contributed by atoms with Crippen LogP contribution in [0.2, 0.25) is 0 Å². The average Bonchev–Trinajstić information content (AvgIpc) is 2.90. The van der Waals surface area contributed by atoms with E-state index in [9.17, 15) is 9.59 Å². The van der Waals surface area contributed by atoms with Crippen LogP contribution in [-0.4, -0.2) is 36.7 Å². The van der Waals surface area contributed by atoms with E-state index in [0.29, 0.717) is 36.0 Å². The number of hydrogen-bond acceptors (Lipinski definition) is 5. The van der Waals surface area contributed by atoms with E-state index < -0.39 is 12.6 Å². The van der Waals surface area contributed by atoms with E-state index in [4.69, 9.17) is 19.3 Å². The van der Waals surface area contributed by atoms with Crippen LogP contribution in [0.15, 0.2) is 48.5 Å². The molecule has 0 aromatic heterocycles. The first-order chi connectivity index (χ1) is 12.6. The summed E-state index contributed by atoms with van der Waals surface area (Å²) in [6, 6.07) is 11.9. The SMILES string of the molecule is O=C(O)COc1cccc(C(=O)C=Cc2cccc3c2OCCCO3)c1. The summed E-state index contributed by atoms with van der Waals surface area (Å²) < 4.78 is 16.5. The van der Waals surface area contributed by atoms with E-state index in [1.54, 1.807) is 24.3 Å². The van der Waals surface area contributed by atoms with Gasteiger partial charge in [-0.3, -0.25) is 4.79 Å². The van der Waals surface area contributed by atoms with Crippen LogP contribution in [0.25, 0.3) is 6.08 Å². The number of hydrogen-bond donors (Lipinski definition) is 1. The lowest BCUT2D eigenvalue weighted by molar-refractivity contribution is -0.139. The highest BCUT2D eigenvalue weighted by Gasteiger charge is 2.13. The topological polar surface area (TPSA) is 82.1 Å². The molecule has 3 rings (SSSR count). The number of carboxylic acids is 1. The van der Waals surface area contributed by atoms with Crippen molar-refractivity contribution in [2.75, 3.05) is 19.8 Å². The van der Waals surface area contributed by atoms with Crippen LogP contribution in [0.5, 0.6) is 17.2 Å². The number of carbonyl (C=O) groups is 2. The summed E-state index contributed by atoms with van der Waals surface area (Å²) in [5.41, 5.74) is 1.17. The van der Waals surface area contributed by atoms with E-state index in [2.05, 4.69) is 0 Å². The van der Waals surface area contributed by atoms with Crippen molar-refractivity contribution in [3.63, 3.8) is 0 Å². The Kier molecular flexibility index (Phi) is 5.53. The average molecular weight is 354 g/mol. The molecule has 1 N–H and O–H groups in total. The summed E-state index contributed by atoms with van der Waals surface area (Å²) in [5, 5.41) is 8.66. The highest BCUT2D eigenvalue weighted by molar-refractivity contribution is 6.07. The molecule has 1 heterocycles. The molecule has 0 saturated carbocycles. The molecule has 1 aliphatic rings. The molecule has 0 aliphatic carbocycles. The largest absolute Gasteiger partial charge is 0.490 e. The second kappa shape index (κ2) is 8.20. The predicted octanol–water partition coefficient (Wildman–Crippen LogP) is 3.21. The number of fused-ring (bicyclic) bond motifs is 1. The van der Waals surface area contributed by atoms with Crippen LogP contribution in [0.4, 0.5) is 0 Å². The zero-order valence-corrected chi connectivity index (χ0v) is 14.0. The normalized spacial score (nSPS) is 13.2. The van der Waals surface area contributed by atoms with Crippen molar-refractivity contribution < 1.29 is 28.9 Å². The van der Waals surface area contributed by atoms with Gasteiger partial charge in [-0.05, 0) is 30.4 Å². The Morgan fingerprint density at radius 1 is 1.12 bits per heavy atom. The summed E-state index contributed by atoms with van der Waals surface area (Å²) in [6.07, 6.45) is 3.93. The van der Waals surface area contributed by atoms with Gasteiger partial charge in [-0.2, -0.15) is 0 Å². The number of ketones is 1. The lowest BCUT2D eigenvalue weighted by Gasteiger charge is -2.09. The lowest BCUT2D eigenvalue weighted by Crippen LogP contribution is -2.09. The second-order valence-corrected chi connectivity index (χ2v) is 5.63. The number of para-hydroxylation sites is 1. The fourth-order valence-corrected chi connectivity index (χ4v) is 2.49. The molecule has 0 unspecified atom stereocenters. The van der Waals surface area contributed by atoms with E-state index in [-0.39, 0.29) is 5.78 Å². The molecule has 0 amide bonds. The first-order valence-electron chi connectivity index (χ1n) is 8.19. The zero-order valence-electron chi connectivity index (χ0n) is 14.0. The molecule has 1 aliphatic heterocycles. The fraction of sp³-hybridized carbons (Fsp3) is 0.200. The Labute approximate surface area is 150 Å². The smallest absolute Gasteiger partial charge is 0.341 e. The molecule has 2 aromatic rings. The molecule has 6 nitrogen and oxygen atoms in total. The highest BCUT2D eigenvalue weighted by Crippen LogP contribution is 2.34. The van der Waals surface area contributed by atoms with Gasteiger partial charge >= 0.3 is 5.97 Å². The molecule has 0 fully saturated rings. The van der Waals surface area contributed by atoms with Crippen molar-refractivity contribution in [1.82, 2.24) is 0 Å². The lowest BCUT2D eigenvalue weighted by atomic mass is 10.1. The van der Waals surface area contributed by atoms with E-state index in [1.807, 2.05) is 18.2 Å². The number of carbonyl (C=O) groups excluding carboxylic acids is 1. The van der Waals surface area contributed by atoms with Crippen molar-refractivity contribution in [3.05, 3.63) is 59.7 Å². The molecule has 0 bridgehead atoms. The molecule has 0 saturated heterocycles. The number of carboxylic acid groups (broad SMARTS) is 1. The molecular weight excluding hydrogens is 336 g/mol. The maximum absolute atomic E-state index is 12.4. The molecule has 0 atom stereocenters. The third-order valence-electron chi connectivity index (χ3n) is 3.70. The Balaban J connectivity index is 1.76. The van der Waals surface area contributed by atoms with Gasteiger partial charge in [-0.25, -0.2) is 4.79 Å². The first-order valence-corrected chi connectivity index (χ1v) is 8.19. The number of benzene rings is 2. The predicted molar refractivity (Wildman–Crippen MR) is 95.0 cm³/mol. The van der Waals surface area contributed by atoms with Crippen LogP contribution in [-0.2, 0) is 4.79 Å². The molecular formula is C20H18O6. The maximum Gasteiger partial charge on any atom is 0.341 e. The summed E-state index contributed by atoms with van der Waals surface area (Å²) >= 11 is 0. The highest BCUT2D eigenvalue weighted by atomic mass is 16.5. The summed E-state index contributed by atoms with van der Waals surface area (Å²) in [7, 11) is 0. The third kappa shape index (κ3) is 4.42. The Morgan fingerprint density at radius 2 is 1.92 bits per heavy atom. The van der Waals surface area contributed by atoms with Gasteiger partial charge < -0.3 is 19.3 Å². The van der Waals surface area contributed by atoms with Gasteiger partial charge in [0.2, 0.25) is 0 Å². The van der Waals surface area contributed by atoms with Gasteiger partial charge in [-0.1, -0.05) is 24.3 Å². The Hall–Kier alpha value is -3.28. The van der Waals surface area contributed by atoms with Crippen LogP contribution >= 0.6 is 0 Å². The number of rotatable bonds is 6. The molecule has 2 aromatic carbocycles. The minimum absolute atomic E-state index is 0.224. The van der Waals surface area contributed by atoms with Crippen LogP contribution in [0.3, 0.4) is 0 Å². The number of ether oxygens (including phenoxy) is 3. The summed E-state index contributed by atoms with van der Waals surface area (Å²) in [6.45, 7) is 0.706. The van der Waals surface area contributed by atoms with Gasteiger partial charge in [0.1, 0.15) is 5.75 Å². The number of allylic oxidation sites excluding steroid dienone is 1. The minimum atomic E-state index is -1.08. The Bertz CT molecular complexity index is 840. The standard InChI is InChI=1S/C20H18O6/c21-17(15-5-1-6-16(12-15)26-13-19(22)23)9-8-14-4-2-7-18-20(14)25-11-3-10-24-18/h1-2,4-9,12H,3,10-11,13H2,(H,22,23). The van der Waals surface area contributed by atoms with Crippen molar-refractivity contribution in [2.24, 2.45) is 0 Å². The van der Waals surface area contributed by atoms with Gasteiger partial charge in [0.05, 0.1) is 13.2 Å². The molecule has 0 radical (unpaired) electrons. The molecule has 134 valence electrons. The molecule has 6 heteroatoms. The van der Waals surface area contributed by atoms with Gasteiger partial charge in [-0.15, -0.1) is 0 Å². The monoisotopic (exact) mass is 354 g/mol. The summed E-state index contributed by atoms with van der Waals surface area (Å²) in [4.78, 5) is 23.0. The maximum atomic E-state index is 12.4. The number of aliphatic carboxylic acids is 1. The van der Waals surface area contributed by atoms with Crippen LogP contribution in [0, 0.1) is 0 Å². The summed E-state index contributed by atoms with van der Waals surface area (Å²) in [5.74, 6) is 0.331. The van der Waals surface area contributed by atoms with Gasteiger partial charge in [0.25, 0.3) is 0 Å². The van der Waals surface area contributed by atoms with E-state index >= 15 is 0 Å².